The summed E-state index contributed by atoms with van der Waals surface area (Å²) in [4.78, 5) is 4.01. The first kappa shape index (κ1) is 15.3. The zero-order valence-corrected chi connectivity index (χ0v) is 14.1. The van der Waals surface area contributed by atoms with Crippen molar-refractivity contribution in [2.24, 2.45) is 13.0 Å². The summed E-state index contributed by atoms with van der Waals surface area (Å²) in [5.74, 6) is 0.331. The largest absolute Gasteiger partial charge is 0.348 e. The second-order valence-corrected chi connectivity index (χ2v) is 6.87. The molecule has 1 aliphatic rings. The van der Waals surface area contributed by atoms with Gasteiger partial charge in [-0.3, -0.25) is 4.98 Å². The molecule has 1 N–H and O–H groups in total. The summed E-state index contributed by atoms with van der Waals surface area (Å²) >= 11 is 0. The van der Waals surface area contributed by atoms with Crippen LogP contribution in [0.4, 0.5) is 4.39 Å². The highest BCUT2D eigenvalue weighted by Gasteiger charge is 2.32. The first-order chi connectivity index (χ1) is 11.6. The lowest BCUT2D eigenvalue weighted by Crippen LogP contribution is -2.23. The van der Waals surface area contributed by atoms with Gasteiger partial charge in [0.2, 0.25) is 0 Å². The molecule has 2 heterocycles. The molecule has 24 heavy (non-hydrogen) atoms. The number of pyridine rings is 1. The summed E-state index contributed by atoms with van der Waals surface area (Å²) in [6.45, 7) is 2.90. The standard InChI is InChI=1S/C20H22FN3/c1-13-7-16-8-14(3-6-19(16)24(13)2)10-23-20(15-4-5-15)17-9-18(21)12-22-11-17/h3,6-9,11-12,15,20,23H,4-5,10H2,1-2H3. The predicted octanol–water partition coefficient (Wildman–Crippen LogP) is 4.26. The normalized spacial score (nSPS) is 15.8. The number of nitrogens with zero attached hydrogens (tertiary/aromatic N) is 2. The number of benzene rings is 1. The molecule has 3 nitrogen and oxygen atoms in total. The number of nitrogens with one attached hydrogen (secondary N) is 1. The molecule has 3 aromatic rings. The van der Waals surface area contributed by atoms with E-state index >= 15 is 0 Å². The summed E-state index contributed by atoms with van der Waals surface area (Å²) in [7, 11) is 2.09. The number of hydrogen-bond acceptors (Lipinski definition) is 2. The van der Waals surface area contributed by atoms with Crippen LogP contribution in [0.15, 0.2) is 42.7 Å². The Bertz CT molecular complexity index is 880. The van der Waals surface area contributed by atoms with Crippen LogP contribution >= 0.6 is 0 Å². The van der Waals surface area contributed by atoms with Gasteiger partial charge in [-0.05, 0) is 61.1 Å². The van der Waals surface area contributed by atoms with Crippen LogP contribution < -0.4 is 5.32 Å². The Hall–Kier alpha value is -2.20. The van der Waals surface area contributed by atoms with Crippen molar-refractivity contribution in [1.29, 1.82) is 0 Å². The van der Waals surface area contributed by atoms with Crippen LogP contribution in [0.3, 0.4) is 0 Å². The van der Waals surface area contributed by atoms with Crippen molar-refractivity contribution < 1.29 is 4.39 Å². The number of aromatic nitrogens is 2. The minimum absolute atomic E-state index is 0.182. The highest BCUT2D eigenvalue weighted by molar-refractivity contribution is 5.82. The average Bonchev–Trinajstić information content (AvgIpc) is 3.35. The maximum atomic E-state index is 13.5. The van der Waals surface area contributed by atoms with Crippen molar-refractivity contribution in [3.05, 3.63) is 65.4 Å². The van der Waals surface area contributed by atoms with Gasteiger partial charge in [-0.25, -0.2) is 4.39 Å². The lowest BCUT2D eigenvalue weighted by molar-refractivity contribution is 0.475. The SMILES string of the molecule is Cc1cc2cc(CNC(c3cncc(F)c3)C3CC3)ccc2n1C. The lowest BCUT2D eigenvalue weighted by Gasteiger charge is -2.18. The third-order valence-electron chi connectivity index (χ3n) is 5.05. The van der Waals surface area contributed by atoms with Crippen molar-refractivity contribution in [3.63, 3.8) is 0 Å². The molecular formula is C20H22FN3. The van der Waals surface area contributed by atoms with E-state index in [1.807, 2.05) is 0 Å². The molecule has 1 atom stereocenters. The zero-order valence-electron chi connectivity index (χ0n) is 14.1. The van der Waals surface area contributed by atoms with Crippen LogP contribution in [-0.2, 0) is 13.6 Å². The third kappa shape index (κ3) is 2.94. The molecule has 4 heteroatoms. The molecule has 1 aromatic carbocycles. The topological polar surface area (TPSA) is 29.9 Å². The molecule has 0 amide bonds. The van der Waals surface area contributed by atoms with E-state index in [1.165, 1.54) is 41.2 Å². The summed E-state index contributed by atoms with van der Waals surface area (Å²) < 4.78 is 15.7. The summed E-state index contributed by atoms with van der Waals surface area (Å²) in [6.07, 6.45) is 5.44. The van der Waals surface area contributed by atoms with Crippen molar-refractivity contribution in [3.8, 4) is 0 Å². The van der Waals surface area contributed by atoms with Gasteiger partial charge in [0, 0.05) is 42.4 Å². The Morgan fingerprint density at radius 2 is 2.08 bits per heavy atom. The highest BCUT2D eigenvalue weighted by Crippen LogP contribution is 2.41. The zero-order chi connectivity index (χ0) is 16.7. The van der Waals surface area contributed by atoms with E-state index in [9.17, 15) is 4.39 Å². The van der Waals surface area contributed by atoms with E-state index in [-0.39, 0.29) is 11.9 Å². The first-order valence-electron chi connectivity index (χ1n) is 8.50. The van der Waals surface area contributed by atoms with E-state index in [0.717, 1.165) is 12.1 Å². The summed E-state index contributed by atoms with van der Waals surface area (Å²) in [5.41, 5.74) is 4.72. The second-order valence-electron chi connectivity index (χ2n) is 6.87. The van der Waals surface area contributed by atoms with Gasteiger partial charge in [0.15, 0.2) is 0 Å². The molecule has 0 aliphatic heterocycles. The van der Waals surface area contributed by atoms with Gasteiger partial charge in [-0.2, -0.15) is 0 Å². The van der Waals surface area contributed by atoms with Crippen LogP contribution in [0.2, 0.25) is 0 Å². The van der Waals surface area contributed by atoms with Crippen molar-refractivity contribution >= 4 is 10.9 Å². The van der Waals surface area contributed by atoms with Gasteiger partial charge in [0.25, 0.3) is 0 Å². The van der Waals surface area contributed by atoms with E-state index in [1.54, 1.807) is 12.3 Å². The molecule has 124 valence electrons. The first-order valence-corrected chi connectivity index (χ1v) is 8.50. The van der Waals surface area contributed by atoms with Gasteiger partial charge >= 0.3 is 0 Å². The van der Waals surface area contributed by atoms with Crippen molar-refractivity contribution in [2.75, 3.05) is 0 Å². The van der Waals surface area contributed by atoms with Gasteiger partial charge in [0.1, 0.15) is 5.82 Å². The number of rotatable bonds is 5. The highest BCUT2D eigenvalue weighted by atomic mass is 19.1. The van der Waals surface area contributed by atoms with Gasteiger partial charge in [-0.15, -0.1) is 0 Å². The Morgan fingerprint density at radius 1 is 1.25 bits per heavy atom. The van der Waals surface area contributed by atoms with Crippen LogP contribution in [0.5, 0.6) is 0 Å². The molecule has 0 spiro atoms. The Kier molecular flexibility index (Phi) is 3.85. The fourth-order valence-corrected chi connectivity index (χ4v) is 3.46. The van der Waals surface area contributed by atoms with Crippen molar-refractivity contribution in [2.45, 2.75) is 32.4 Å². The second kappa shape index (κ2) is 6.02. The van der Waals surface area contributed by atoms with Gasteiger partial charge in [-0.1, -0.05) is 6.07 Å². The monoisotopic (exact) mass is 323 g/mol. The predicted molar refractivity (Wildman–Crippen MR) is 94.2 cm³/mol. The minimum Gasteiger partial charge on any atom is -0.348 e. The molecule has 0 bridgehead atoms. The summed E-state index contributed by atoms with van der Waals surface area (Å²) in [5, 5.41) is 4.88. The molecule has 1 fully saturated rings. The molecule has 1 saturated carbocycles. The third-order valence-corrected chi connectivity index (χ3v) is 5.05. The van der Waals surface area contributed by atoms with Crippen LogP contribution in [0, 0.1) is 18.7 Å². The Balaban J connectivity index is 1.54. The average molecular weight is 323 g/mol. The molecule has 0 radical (unpaired) electrons. The quantitative estimate of drug-likeness (QED) is 0.760. The molecule has 1 aliphatic carbocycles. The molecule has 0 saturated heterocycles. The molecule has 4 rings (SSSR count). The minimum atomic E-state index is -0.263. The number of aryl methyl sites for hydroxylation is 2. The molecule has 2 aromatic heterocycles. The smallest absolute Gasteiger partial charge is 0.141 e. The van der Waals surface area contributed by atoms with Crippen molar-refractivity contribution in [1.82, 2.24) is 14.9 Å². The number of fused-ring (bicyclic) bond motifs is 1. The Labute approximate surface area is 141 Å². The lowest BCUT2D eigenvalue weighted by atomic mass is 10.0. The summed E-state index contributed by atoms with van der Waals surface area (Å²) in [6, 6.07) is 10.6. The maximum Gasteiger partial charge on any atom is 0.141 e. The molecular weight excluding hydrogens is 301 g/mol. The van der Waals surface area contributed by atoms with E-state index < -0.39 is 0 Å². The van der Waals surface area contributed by atoms with Gasteiger partial charge in [0.05, 0.1) is 6.20 Å². The number of hydrogen-bond donors (Lipinski definition) is 1. The van der Waals surface area contributed by atoms with E-state index in [0.29, 0.717) is 5.92 Å². The van der Waals surface area contributed by atoms with E-state index in [2.05, 4.69) is 53.1 Å². The van der Waals surface area contributed by atoms with E-state index in [4.69, 9.17) is 0 Å². The van der Waals surface area contributed by atoms with Crippen LogP contribution in [0.1, 0.15) is 35.7 Å². The van der Waals surface area contributed by atoms with Crippen LogP contribution in [-0.4, -0.2) is 9.55 Å². The Morgan fingerprint density at radius 3 is 2.83 bits per heavy atom. The van der Waals surface area contributed by atoms with Gasteiger partial charge < -0.3 is 9.88 Å². The molecule has 1 unspecified atom stereocenters. The maximum absolute atomic E-state index is 13.5. The number of halogens is 1. The fourth-order valence-electron chi connectivity index (χ4n) is 3.46. The van der Waals surface area contributed by atoms with Crippen LogP contribution in [0.25, 0.3) is 10.9 Å². The fraction of sp³-hybridized carbons (Fsp3) is 0.350.